The van der Waals surface area contributed by atoms with Gasteiger partial charge in [0.05, 0.1) is 6.04 Å². The van der Waals surface area contributed by atoms with Crippen molar-refractivity contribution in [3.63, 3.8) is 0 Å². The van der Waals surface area contributed by atoms with Crippen LogP contribution in [0.2, 0.25) is 0 Å². The first kappa shape index (κ1) is 71.9. The third-order valence-corrected chi connectivity index (χ3v) is 10.1. The van der Waals surface area contributed by atoms with Gasteiger partial charge in [-0.05, 0) is 192 Å². The van der Waals surface area contributed by atoms with E-state index in [9.17, 15) is 38.7 Å². The molecule has 0 fully saturated rings. The average Bonchev–Trinajstić information content (AvgIpc) is 3.07. The van der Waals surface area contributed by atoms with E-state index in [0.29, 0.717) is 16.7 Å². The number of carbonyl (C=O) groups is 8. The smallest absolute Gasteiger partial charge is 0.437 e. The predicted molar refractivity (Wildman–Crippen MR) is 317 cm³/mol. The van der Waals surface area contributed by atoms with E-state index < -0.39 is 106 Å². The van der Waals surface area contributed by atoms with Gasteiger partial charge in [-0.1, -0.05) is 30.3 Å². The molecule has 0 radical (unpaired) electrons. The average molecular weight is 1180 g/mol. The van der Waals surface area contributed by atoms with Gasteiger partial charge in [0.25, 0.3) is 0 Å². The second-order valence-corrected chi connectivity index (χ2v) is 25.6. The number of guanidine groups is 3. The van der Waals surface area contributed by atoms with Crippen molar-refractivity contribution in [1.29, 1.82) is 0 Å². The normalized spacial score (nSPS) is 13.8. The van der Waals surface area contributed by atoms with E-state index in [-0.39, 0.29) is 56.4 Å². The molecular formula is C58H91N11O15. The minimum atomic E-state index is -1.46. The molecule has 0 heterocycles. The monoisotopic (exact) mass is 1180 g/mol. The second kappa shape index (κ2) is 30.9. The Morgan fingerprint density at radius 1 is 0.476 bits per heavy atom. The Bertz CT molecular complexity index is 2680. The zero-order valence-corrected chi connectivity index (χ0v) is 52.5. The number of ether oxygens (including phenoxy) is 6. The van der Waals surface area contributed by atoms with Crippen LogP contribution >= 0.6 is 0 Å². The molecule has 0 unspecified atom stereocenters. The van der Waals surface area contributed by atoms with Crippen molar-refractivity contribution in [2.75, 3.05) is 13.1 Å². The van der Waals surface area contributed by atoms with Crippen LogP contribution in [0.5, 0.6) is 5.75 Å². The van der Waals surface area contributed by atoms with Gasteiger partial charge < -0.3 is 60.1 Å². The number of nitrogens with zero attached hydrogens (tertiary/aromatic N) is 3. The highest BCUT2D eigenvalue weighted by Crippen LogP contribution is 2.23. The van der Waals surface area contributed by atoms with E-state index in [1.807, 2.05) is 18.2 Å². The Morgan fingerprint density at radius 3 is 1.29 bits per heavy atom. The van der Waals surface area contributed by atoms with Crippen LogP contribution in [-0.4, -0.2) is 136 Å². The van der Waals surface area contributed by atoms with Crippen LogP contribution in [0.1, 0.15) is 160 Å². The summed E-state index contributed by atoms with van der Waals surface area (Å²) in [5.74, 6) is -2.92. The lowest BCUT2D eigenvalue weighted by molar-refractivity contribution is -0.130. The minimum Gasteiger partial charge on any atom is -0.508 e. The SMILES string of the molecule is Cc1cc(O)cc(C)c1C[C@H](N/C(=N/C(=O)OC(C)(C)C)NC(=O)OC(C)(C)C)C(=O)N[C@H](CCCN/C(=N/C(=O)OC(C)(C)C)NC(=O)OC(C)(C)C)C(=O)NC[C@H](Cc1ccccc1)N/C(=N\C(=O)OC(C)(C)C)NC(=O)OC(C)(C)C. The highest BCUT2D eigenvalue weighted by molar-refractivity contribution is 6.02. The molecule has 0 aromatic heterocycles. The van der Waals surface area contributed by atoms with Gasteiger partial charge >= 0.3 is 36.6 Å². The van der Waals surface area contributed by atoms with E-state index in [2.05, 4.69) is 57.5 Å². The number of amides is 8. The first-order chi connectivity index (χ1) is 38.3. The van der Waals surface area contributed by atoms with Gasteiger partial charge in [0.15, 0.2) is 0 Å². The van der Waals surface area contributed by atoms with Crippen molar-refractivity contribution in [3.05, 3.63) is 64.7 Å². The number of aryl methyl sites for hydroxylation is 2. The topological polar surface area (TPSA) is 345 Å². The number of aliphatic imine (C=N–C) groups is 3. The number of hydrogen-bond donors (Lipinski definition) is 9. The predicted octanol–water partition coefficient (Wildman–Crippen LogP) is 8.13. The Balaban J connectivity index is 2.84. The number of hydrogen-bond acceptors (Lipinski definition) is 15. The number of benzene rings is 2. The summed E-state index contributed by atoms with van der Waals surface area (Å²) in [5, 5.41) is 32.2. The Morgan fingerprint density at radius 2 is 0.869 bits per heavy atom. The number of aromatic hydroxyl groups is 1. The van der Waals surface area contributed by atoms with E-state index in [4.69, 9.17) is 28.4 Å². The van der Waals surface area contributed by atoms with Gasteiger partial charge in [-0.25, -0.2) is 28.8 Å². The molecular weight excluding hydrogens is 1090 g/mol. The summed E-state index contributed by atoms with van der Waals surface area (Å²) in [6, 6.07) is 8.28. The van der Waals surface area contributed by atoms with E-state index in [0.717, 1.165) is 5.56 Å². The second-order valence-electron chi connectivity index (χ2n) is 25.6. The summed E-state index contributed by atoms with van der Waals surface area (Å²) in [7, 11) is 0. The van der Waals surface area contributed by atoms with E-state index in [1.165, 1.54) is 12.1 Å². The van der Waals surface area contributed by atoms with Crippen molar-refractivity contribution in [2.45, 2.75) is 216 Å². The number of alkyl carbamates (subject to hydrolysis) is 3. The molecule has 84 heavy (non-hydrogen) atoms. The van der Waals surface area contributed by atoms with E-state index in [1.54, 1.807) is 151 Å². The standard InChI is InChI=1S/C58H91N11O15/c1-34-29-38(70)30-35(2)39(34)32-41(63-46(68-51(77)83-57(15,16)17)69-52(78)84-58(18,19)20)43(72)62-40(27-24-28-59-44(64-47(73)79-53(3,4)5)65-48(74)80-54(6,7)8)42(71)60-33-37(31-36-25-22-21-23-26-36)61-45(66-49(75)81-55(9,10)11)67-50(76)82-56(12,13)14/h21-23,25-26,29-30,37,40-41,70H,24,27-28,31-33H2,1-20H3,(H,60,71)(H,62,72)(H2,59,64,65,73,74)(H2,61,66,67,75,76)(H2,63,68,69,77,78)/t37-,40+,41-/m0/s1. The third-order valence-electron chi connectivity index (χ3n) is 10.1. The lowest BCUT2D eigenvalue weighted by Gasteiger charge is -2.27. The van der Waals surface area contributed by atoms with Gasteiger partial charge in [-0.15, -0.1) is 15.0 Å². The largest absolute Gasteiger partial charge is 0.508 e. The molecule has 0 aliphatic carbocycles. The van der Waals surface area contributed by atoms with Gasteiger partial charge in [0.2, 0.25) is 29.7 Å². The first-order valence-corrected chi connectivity index (χ1v) is 27.5. The van der Waals surface area contributed by atoms with Gasteiger partial charge in [-0.3, -0.25) is 25.5 Å². The number of phenolic OH excluding ortho intramolecular Hbond substituents is 1. The number of carbonyl (C=O) groups excluding carboxylic acids is 8. The van der Waals surface area contributed by atoms with Crippen LogP contribution in [0.3, 0.4) is 0 Å². The van der Waals surface area contributed by atoms with Crippen molar-refractivity contribution >= 4 is 66.3 Å². The summed E-state index contributed by atoms with van der Waals surface area (Å²) in [6.07, 6.45) is -6.34. The molecule has 3 atom stereocenters. The molecule has 0 saturated heterocycles. The lowest BCUT2D eigenvalue weighted by Crippen LogP contribution is -2.58. The highest BCUT2D eigenvalue weighted by atomic mass is 16.6. The number of phenols is 1. The molecule has 0 saturated carbocycles. The zero-order chi connectivity index (χ0) is 64.2. The van der Waals surface area contributed by atoms with E-state index >= 15 is 4.79 Å². The molecule has 0 spiro atoms. The maximum Gasteiger partial charge on any atom is 0.437 e. The van der Waals surface area contributed by atoms with Crippen molar-refractivity contribution in [3.8, 4) is 5.75 Å². The molecule has 0 aliphatic rings. The van der Waals surface area contributed by atoms with Crippen LogP contribution in [0, 0.1) is 13.8 Å². The highest BCUT2D eigenvalue weighted by Gasteiger charge is 2.31. The third kappa shape index (κ3) is 32.4. The molecule has 2 rings (SSSR count). The van der Waals surface area contributed by atoms with Gasteiger partial charge in [0.1, 0.15) is 51.4 Å². The van der Waals surface area contributed by atoms with Crippen LogP contribution in [0.25, 0.3) is 0 Å². The summed E-state index contributed by atoms with van der Waals surface area (Å²) < 4.78 is 32.5. The van der Waals surface area contributed by atoms with Crippen molar-refractivity contribution in [2.24, 2.45) is 15.0 Å². The quantitative estimate of drug-likeness (QED) is 0.0351. The maximum absolute atomic E-state index is 15.1. The summed E-state index contributed by atoms with van der Waals surface area (Å²) in [4.78, 5) is 120. The molecule has 26 heteroatoms. The number of nitrogens with one attached hydrogen (secondary N) is 8. The van der Waals surface area contributed by atoms with Gasteiger partial charge in [-0.2, -0.15) is 0 Å². The molecule has 8 amide bonds. The van der Waals surface area contributed by atoms with Crippen LogP contribution < -0.4 is 42.5 Å². The molecule has 0 aliphatic heterocycles. The van der Waals surface area contributed by atoms with Gasteiger partial charge in [0, 0.05) is 19.5 Å². The Kier molecular flexibility index (Phi) is 26.5. The molecule has 2 aromatic rings. The maximum atomic E-state index is 15.1. The lowest BCUT2D eigenvalue weighted by atomic mass is 9.95. The number of rotatable bonds is 15. The van der Waals surface area contributed by atoms with Crippen molar-refractivity contribution < 1.29 is 71.9 Å². The molecule has 0 bridgehead atoms. The van der Waals surface area contributed by atoms with Crippen LogP contribution in [0.15, 0.2) is 57.4 Å². The summed E-state index contributed by atoms with van der Waals surface area (Å²) in [5.41, 5.74) is -3.40. The van der Waals surface area contributed by atoms with Crippen molar-refractivity contribution in [1.82, 2.24) is 42.5 Å². The molecule has 26 nitrogen and oxygen atoms in total. The Hall–Kier alpha value is -8.19. The first-order valence-electron chi connectivity index (χ1n) is 27.5. The zero-order valence-electron chi connectivity index (χ0n) is 52.5. The summed E-state index contributed by atoms with van der Waals surface area (Å²) in [6.45, 7) is 32.4. The fourth-order valence-corrected chi connectivity index (χ4v) is 7.17. The van der Waals surface area contributed by atoms with Crippen LogP contribution in [0.4, 0.5) is 28.8 Å². The fourth-order valence-electron chi connectivity index (χ4n) is 7.17. The minimum absolute atomic E-state index is 0.0275. The molecule has 468 valence electrons. The Labute approximate surface area is 493 Å². The molecule has 9 N–H and O–H groups in total. The fraction of sp³-hybridized carbons (Fsp3) is 0.603. The summed E-state index contributed by atoms with van der Waals surface area (Å²) >= 11 is 0. The molecule has 2 aromatic carbocycles. The van der Waals surface area contributed by atoms with Crippen LogP contribution in [-0.2, 0) is 50.9 Å².